The molecule has 544 valence electrons. The number of carbonyl (C=O) groups excluding carboxylic acids is 1. The predicted molar refractivity (Wildman–Crippen MR) is 360 cm³/mol. The molecule has 0 saturated carbocycles. The van der Waals surface area contributed by atoms with Gasteiger partial charge in [-0.3, -0.25) is 4.79 Å². The summed E-state index contributed by atoms with van der Waals surface area (Å²) in [6.07, 6.45) is 36.3. The summed E-state index contributed by atoms with van der Waals surface area (Å²) in [6.45, 7) is 1.78. The standard InChI is InChI=1S/C73H139NO18/c1-3-5-7-9-11-13-15-17-19-21-22-23-24-25-26-27-28-29-30-31-32-33-34-35-36-38-40-42-44-46-48-50-57(78)56(74-61(79)51-49-47-45-43-41-39-37-20-18-16-14-12-10-8-6-4-2)55-87-71-67(85)64(82)69(59(53-76)89-71)92-73-68(86)65(83)70(60(54-77)90-73)91-72-66(84)63(81)62(80)58(52-75)88-72/h48,50,56-60,62-73,75-78,80-86H,3-47,49,51-55H2,1-2H3,(H,74,79)/b50-48+. The molecule has 3 aliphatic heterocycles. The van der Waals surface area contributed by atoms with Crippen molar-refractivity contribution in [3.63, 3.8) is 0 Å². The molecule has 12 N–H and O–H groups in total. The first-order valence-electron chi connectivity index (χ1n) is 37.9. The fourth-order valence-corrected chi connectivity index (χ4v) is 13.2. The van der Waals surface area contributed by atoms with Crippen LogP contribution in [0.4, 0.5) is 0 Å². The Morgan fingerprint density at radius 2 is 0.674 bits per heavy atom. The minimum atomic E-state index is -1.98. The van der Waals surface area contributed by atoms with Gasteiger partial charge >= 0.3 is 0 Å². The molecule has 0 bridgehead atoms. The van der Waals surface area contributed by atoms with Crippen LogP contribution in [0.25, 0.3) is 0 Å². The van der Waals surface area contributed by atoms with Gasteiger partial charge in [0, 0.05) is 6.42 Å². The van der Waals surface area contributed by atoms with Crippen LogP contribution in [0.3, 0.4) is 0 Å². The normalized spacial score (nSPS) is 27.7. The molecule has 3 aliphatic rings. The van der Waals surface area contributed by atoms with Gasteiger partial charge in [0.2, 0.25) is 5.91 Å². The quantitative estimate of drug-likeness (QED) is 0.0199. The number of amides is 1. The summed E-state index contributed by atoms with van der Waals surface area (Å²) in [5.74, 6) is -0.269. The summed E-state index contributed by atoms with van der Waals surface area (Å²) in [7, 11) is 0. The van der Waals surface area contributed by atoms with Gasteiger partial charge in [0.1, 0.15) is 73.2 Å². The summed E-state index contributed by atoms with van der Waals surface area (Å²) in [5, 5.41) is 121. The van der Waals surface area contributed by atoms with E-state index in [1.165, 1.54) is 244 Å². The Kier molecular flexibility index (Phi) is 51.0. The van der Waals surface area contributed by atoms with E-state index in [2.05, 4.69) is 19.2 Å². The minimum absolute atomic E-state index is 0.249. The molecule has 17 atom stereocenters. The summed E-state index contributed by atoms with van der Waals surface area (Å²) in [5.41, 5.74) is 0. The third-order valence-corrected chi connectivity index (χ3v) is 19.3. The van der Waals surface area contributed by atoms with Crippen LogP contribution in [0.2, 0.25) is 0 Å². The molecule has 3 saturated heterocycles. The van der Waals surface area contributed by atoms with Crippen LogP contribution in [-0.4, -0.2) is 193 Å². The maximum atomic E-state index is 13.4. The summed E-state index contributed by atoms with van der Waals surface area (Å²) < 4.78 is 34.4. The number of carbonyl (C=O) groups is 1. The number of ether oxygens (including phenoxy) is 6. The number of nitrogens with one attached hydrogen (secondary N) is 1. The average Bonchev–Trinajstić information content (AvgIpc) is 0.859. The van der Waals surface area contributed by atoms with E-state index in [0.717, 1.165) is 44.9 Å². The van der Waals surface area contributed by atoms with Crippen molar-refractivity contribution in [3.8, 4) is 0 Å². The molecular formula is C73H139NO18. The highest BCUT2D eigenvalue weighted by Crippen LogP contribution is 2.33. The van der Waals surface area contributed by atoms with Gasteiger partial charge in [-0.1, -0.05) is 302 Å². The number of allylic oxidation sites excluding steroid dienone is 1. The molecule has 19 heteroatoms. The highest BCUT2D eigenvalue weighted by Gasteiger charge is 2.53. The van der Waals surface area contributed by atoms with Crippen LogP contribution < -0.4 is 5.32 Å². The van der Waals surface area contributed by atoms with E-state index in [0.29, 0.717) is 6.42 Å². The summed E-state index contributed by atoms with van der Waals surface area (Å²) in [6, 6.07) is -0.969. The molecule has 0 spiro atoms. The summed E-state index contributed by atoms with van der Waals surface area (Å²) >= 11 is 0. The van der Waals surface area contributed by atoms with Crippen LogP contribution in [0.15, 0.2) is 12.2 Å². The Labute approximate surface area is 556 Å². The molecule has 1 amide bonds. The number of aliphatic hydroxyl groups is 11. The fourth-order valence-electron chi connectivity index (χ4n) is 13.2. The average molecular weight is 1320 g/mol. The van der Waals surface area contributed by atoms with Crippen molar-refractivity contribution in [2.24, 2.45) is 0 Å². The van der Waals surface area contributed by atoms with E-state index in [1.807, 2.05) is 6.08 Å². The zero-order valence-electron chi connectivity index (χ0n) is 57.8. The molecule has 0 radical (unpaired) electrons. The minimum Gasteiger partial charge on any atom is -0.394 e. The van der Waals surface area contributed by atoms with Gasteiger partial charge in [-0.05, 0) is 19.3 Å². The Bertz CT molecular complexity index is 1720. The van der Waals surface area contributed by atoms with Gasteiger partial charge < -0.3 is 89.9 Å². The molecule has 3 fully saturated rings. The van der Waals surface area contributed by atoms with Crippen LogP contribution in [0, 0.1) is 0 Å². The topological polar surface area (TPSA) is 307 Å². The lowest BCUT2D eigenvalue weighted by atomic mass is 9.96. The maximum absolute atomic E-state index is 13.4. The number of hydrogen-bond donors (Lipinski definition) is 12. The maximum Gasteiger partial charge on any atom is 0.220 e. The van der Waals surface area contributed by atoms with E-state index in [-0.39, 0.29) is 18.9 Å². The van der Waals surface area contributed by atoms with Crippen molar-refractivity contribution in [1.82, 2.24) is 5.32 Å². The lowest BCUT2D eigenvalue weighted by molar-refractivity contribution is -0.379. The Balaban J connectivity index is 1.38. The SMILES string of the molecule is CCCCCCCCCCCCCCCCCCCCCCCCCCCCCCC/C=C/C(O)C(COC1OC(CO)C(OC2OC(CO)C(OC3OC(CO)C(O)C(O)C3O)C(O)C2O)C(O)C1O)NC(=O)CCCCCCCCCCCCCCCCCC. The van der Waals surface area contributed by atoms with Crippen molar-refractivity contribution >= 4 is 5.91 Å². The second kappa shape index (κ2) is 55.4. The third kappa shape index (κ3) is 36.4. The van der Waals surface area contributed by atoms with Crippen LogP contribution in [0.1, 0.15) is 316 Å². The van der Waals surface area contributed by atoms with Crippen molar-refractivity contribution in [2.45, 2.75) is 420 Å². The van der Waals surface area contributed by atoms with E-state index in [4.69, 9.17) is 28.4 Å². The van der Waals surface area contributed by atoms with E-state index < -0.39 is 124 Å². The molecule has 19 nitrogen and oxygen atoms in total. The second-order valence-corrected chi connectivity index (χ2v) is 27.5. The van der Waals surface area contributed by atoms with Gasteiger partial charge in [0.05, 0.1) is 38.6 Å². The number of rotatable bonds is 60. The zero-order chi connectivity index (χ0) is 66.8. The number of hydrogen-bond acceptors (Lipinski definition) is 18. The number of unbranched alkanes of at least 4 members (excludes halogenated alkanes) is 44. The van der Waals surface area contributed by atoms with Crippen LogP contribution >= 0.6 is 0 Å². The first-order valence-corrected chi connectivity index (χ1v) is 37.9. The highest BCUT2D eigenvalue weighted by atomic mass is 16.8. The Morgan fingerprint density at radius 1 is 0.380 bits per heavy atom. The van der Waals surface area contributed by atoms with Gasteiger partial charge in [0.25, 0.3) is 0 Å². The number of aliphatic hydroxyl groups excluding tert-OH is 11. The van der Waals surface area contributed by atoms with Gasteiger partial charge in [-0.2, -0.15) is 0 Å². The molecule has 3 rings (SSSR count). The molecule has 0 aromatic carbocycles. The molecule has 17 unspecified atom stereocenters. The van der Waals surface area contributed by atoms with Crippen molar-refractivity contribution < 1.29 is 89.4 Å². The van der Waals surface area contributed by atoms with E-state index >= 15 is 0 Å². The first-order chi connectivity index (χ1) is 44.8. The molecule has 0 aromatic heterocycles. The van der Waals surface area contributed by atoms with Crippen LogP contribution in [-0.2, 0) is 33.2 Å². The molecule has 0 aromatic rings. The van der Waals surface area contributed by atoms with Crippen molar-refractivity contribution in [1.29, 1.82) is 0 Å². The Morgan fingerprint density at radius 3 is 1.02 bits per heavy atom. The van der Waals surface area contributed by atoms with Gasteiger partial charge in [-0.15, -0.1) is 0 Å². The van der Waals surface area contributed by atoms with E-state index in [9.17, 15) is 61.0 Å². The Hall–Kier alpha value is -1.47. The predicted octanol–water partition coefficient (Wildman–Crippen LogP) is 11.2. The second-order valence-electron chi connectivity index (χ2n) is 27.5. The lowest BCUT2D eigenvalue weighted by Crippen LogP contribution is -2.66. The van der Waals surface area contributed by atoms with Gasteiger partial charge in [0.15, 0.2) is 18.9 Å². The van der Waals surface area contributed by atoms with Crippen molar-refractivity contribution in [2.75, 3.05) is 26.4 Å². The molecule has 3 heterocycles. The van der Waals surface area contributed by atoms with Crippen molar-refractivity contribution in [3.05, 3.63) is 12.2 Å². The van der Waals surface area contributed by atoms with E-state index in [1.54, 1.807) is 6.08 Å². The van der Waals surface area contributed by atoms with Crippen LogP contribution in [0.5, 0.6) is 0 Å². The summed E-state index contributed by atoms with van der Waals surface area (Å²) in [4.78, 5) is 13.4. The smallest absolute Gasteiger partial charge is 0.220 e. The fraction of sp³-hybridized carbons (Fsp3) is 0.959. The lowest BCUT2D eigenvalue weighted by Gasteiger charge is -2.48. The third-order valence-electron chi connectivity index (χ3n) is 19.3. The largest absolute Gasteiger partial charge is 0.394 e. The molecule has 0 aliphatic carbocycles. The first kappa shape index (κ1) is 84.8. The van der Waals surface area contributed by atoms with Gasteiger partial charge in [-0.25, -0.2) is 0 Å². The molecular weight excluding hydrogens is 1180 g/mol. The molecule has 92 heavy (non-hydrogen) atoms. The monoisotopic (exact) mass is 1320 g/mol. The highest BCUT2D eigenvalue weighted by molar-refractivity contribution is 5.76. The zero-order valence-corrected chi connectivity index (χ0v) is 57.8.